The van der Waals surface area contributed by atoms with Crippen LogP contribution in [-0.4, -0.2) is 30.6 Å². The van der Waals surface area contributed by atoms with Gasteiger partial charge in [0.15, 0.2) is 0 Å². The summed E-state index contributed by atoms with van der Waals surface area (Å²) in [6.45, 7) is 4.68. The highest BCUT2D eigenvalue weighted by Gasteiger charge is 2.32. The Morgan fingerprint density at radius 1 is 1.00 bits per heavy atom. The van der Waals surface area contributed by atoms with Gasteiger partial charge in [-0.05, 0) is 43.7 Å². The van der Waals surface area contributed by atoms with Crippen LogP contribution in [-0.2, 0) is 6.54 Å². The van der Waals surface area contributed by atoms with Gasteiger partial charge in [0.1, 0.15) is 0 Å². The van der Waals surface area contributed by atoms with Crippen LogP contribution in [0.4, 0.5) is 0 Å². The van der Waals surface area contributed by atoms with Gasteiger partial charge in [0, 0.05) is 25.7 Å². The molecule has 0 amide bonds. The lowest BCUT2D eigenvalue weighted by Crippen LogP contribution is -2.48. The molecule has 20 heavy (non-hydrogen) atoms. The van der Waals surface area contributed by atoms with Crippen LogP contribution in [0.2, 0.25) is 0 Å². The van der Waals surface area contributed by atoms with Crippen molar-refractivity contribution in [1.29, 1.82) is 0 Å². The second-order valence-corrected chi connectivity index (χ2v) is 6.45. The van der Waals surface area contributed by atoms with Crippen LogP contribution in [0.15, 0.2) is 30.3 Å². The Hall–Kier alpha value is -0.860. The lowest BCUT2D eigenvalue weighted by Gasteiger charge is -2.44. The topological polar surface area (TPSA) is 15.3 Å². The Labute approximate surface area is 123 Å². The van der Waals surface area contributed by atoms with Crippen molar-refractivity contribution in [3.63, 3.8) is 0 Å². The molecule has 1 saturated carbocycles. The minimum atomic E-state index is 0.899. The van der Waals surface area contributed by atoms with Crippen LogP contribution in [0.3, 0.4) is 0 Å². The monoisotopic (exact) mass is 272 g/mol. The van der Waals surface area contributed by atoms with E-state index < -0.39 is 0 Å². The molecular formula is C18H28N2. The van der Waals surface area contributed by atoms with E-state index in [1.54, 1.807) is 0 Å². The Morgan fingerprint density at radius 3 is 2.70 bits per heavy atom. The average Bonchev–Trinajstić information content (AvgIpc) is 2.53. The molecule has 1 aliphatic carbocycles. The van der Waals surface area contributed by atoms with Crippen molar-refractivity contribution in [2.75, 3.05) is 19.6 Å². The van der Waals surface area contributed by atoms with E-state index >= 15 is 0 Å². The molecule has 2 atom stereocenters. The molecular weight excluding hydrogens is 244 g/mol. The maximum atomic E-state index is 3.60. The summed E-state index contributed by atoms with van der Waals surface area (Å²) in [6.07, 6.45) is 8.76. The highest BCUT2D eigenvalue weighted by atomic mass is 15.2. The molecule has 1 aliphatic heterocycles. The predicted molar refractivity (Wildman–Crippen MR) is 84.7 cm³/mol. The molecule has 1 aromatic carbocycles. The number of benzene rings is 1. The number of hydrogen-bond donors (Lipinski definition) is 1. The standard InChI is InChI=1S/C18H28N2/c1-2-7-16(8-3-1)15-19-12-14-20-13-6-10-17-9-4-5-11-18(17)20/h1-3,7-8,17-19H,4-6,9-15H2/t17-,18-/m1/s1. The molecule has 1 aromatic rings. The van der Waals surface area contributed by atoms with Crippen molar-refractivity contribution in [2.24, 2.45) is 5.92 Å². The van der Waals surface area contributed by atoms with E-state index in [9.17, 15) is 0 Å². The van der Waals surface area contributed by atoms with Gasteiger partial charge in [-0.1, -0.05) is 43.2 Å². The largest absolute Gasteiger partial charge is 0.311 e. The van der Waals surface area contributed by atoms with Crippen molar-refractivity contribution in [1.82, 2.24) is 10.2 Å². The summed E-state index contributed by atoms with van der Waals surface area (Å²) in [5.74, 6) is 1.01. The molecule has 0 unspecified atom stereocenters. The maximum Gasteiger partial charge on any atom is 0.0206 e. The molecule has 2 nitrogen and oxygen atoms in total. The van der Waals surface area contributed by atoms with Crippen molar-refractivity contribution in [2.45, 2.75) is 51.1 Å². The van der Waals surface area contributed by atoms with E-state index in [0.29, 0.717) is 0 Å². The van der Waals surface area contributed by atoms with Gasteiger partial charge in [-0.25, -0.2) is 0 Å². The summed E-state index contributed by atoms with van der Waals surface area (Å²) in [6, 6.07) is 11.6. The SMILES string of the molecule is c1ccc(CNCCN2CCC[C@H]3CCCC[C@H]32)cc1. The summed E-state index contributed by atoms with van der Waals surface area (Å²) in [7, 11) is 0. The minimum Gasteiger partial charge on any atom is -0.311 e. The van der Waals surface area contributed by atoms with Crippen LogP contribution in [0.5, 0.6) is 0 Å². The minimum absolute atomic E-state index is 0.899. The molecule has 110 valence electrons. The highest BCUT2D eigenvalue weighted by Crippen LogP contribution is 2.34. The van der Waals surface area contributed by atoms with Crippen LogP contribution >= 0.6 is 0 Å². The first kappa shape index (κ1) is 14.1. The highest BCUT2D eigenvalue weighted by molar-refractivity contribution is 5.14. The lowest BCUT2D eigenvalue weighted by molar-refractivity contribution is 0.0618. The summed E-state index contributed by atoms with van der Waals surface area (Å²) in [5, 5.41) is 3.60. The fourth-order valence-corrected chi connectivity index (χ4v) is 4.06. The molecule has 1 saturated heterocycles. The summed E-state index contributed by atoms with van der Waals surface area (Å²) < 4.78 is 0. The molecule has 0 bridgehead atoms. The molecule has 2 fully saturated rings. The summed E-state index contributed by atoms with van der Waals surface area (Å²) in [4.78, 5) is 2.77. The molecule has 0 spiro atoms. The Balaban J connectivity index is 1.41. The third-order valence-corrected chi connectivity index (χ3v) is 5.11. The van der Waals surface area contributed by atoms with Crippen LogP contribution in [0.1, 0.15) is 44.1 Å². The zero-order valence-electron chi connectivity index (χ0n) is 12.6. The van der Waals surface area contributed by atoms with Crippen molar-refractivity contribution in [3.05, 3.63) is 35.9 Å². The second kappa shape index (κ2) is 7.24. The molecule has 3 rings (SSSR count). The van der Waals surface area contributed by atoms with Gasteiger partial charge in [-0.3, -0.25) is 4.90 Å². The number of likely N-dealkylation sites (tertiary alicyclic amines) is 1. The number of nitrogens with one attached hydrogen (secondary N) is 1. The van der Waals surface area contributed by atoms with E-state index in [0.717, 1.165) is 25.0 Å². The molecule has 0 aromatic heterocycles. The predicted octanol–water partition coefficient (Wildman–Crippen LogP) is 3.43. The number of fused-ring (bicyclic) bond motifs is 1. The Bertz CT molecular complexity index is 388. The van der Waals surface area contributed by atoms with Crippen molar-refractivity contribution in [3.8, 4) is 0 Å². The van der Waals surface area contributed by atoms with Crippen LogP contribution in [0.25, 0.3) is 0 Å². The quantitative estimate of drug-likeness (QED) is 0.826. The van der Waals surface area contributed by atoms with E-state index in [-0.39, 0.29) is 0 Å². The van der Waals surface area contributed by atoms with Crippen molar-refractivity contribution >= 4 is 0 Å². The van der Waals surface area contributed by atoms with Gasteiger partial charge in [0.25, 0.3) is 0 Å². The van der Waals surface area contributed by atoms with Crippen LogP contribution < -0.4 is 5.32 Å². The van der Waals surface area contributed by atoms with E-state index in [4.69, 9.17) is 0 Å². The maximum absolute atomic E-state index is 3.60. The fourth-order valence-electron chi connectivity index (χ4n) is 4.06. The van der Waals surface area contributed by atoms with Gasteiger partial charge < -0.3 is 5.32 Å². The smallest absolute Gasteiger partial charge is 0.0206 e. The normalized spacial score (nSPS) is 27.2. The fraction of sp³-hybridized carbons (Fsp3) is 0.667. The first-order chi connectivity index (χ1) is 9.93. The average molecular weight is 272 g/mol. The third kappa shape index (κ3) is 3.62. The van der Waals surface area contributed by atoms with Crippen molar-refractivity contribution < 1.29 is 0 Å². The van der Waals surface area contributed by atoms with Gasteiger partial charge in [-0.15, -0.1) is 0 Å². The first-order valence-electron chi connectivity index (χ1n) is 8.42. The Kier molecular flexibility index (Phi) is 5.10. The van der Waals surface area contributed by atoms with Gasteiger partial charge in [0.05, 0.1) is 0 Å². The van der Waals surface area contributed by atoms with E-state index in [2.05, 4.69) is 40.5 Å². The van der Waals surface area contributed by atoms with Crippen LogP contribution in [0, 0.1) is 5.92 Å². The van der Waals surface area contributed by atoms with Gasteiger partial charge >= 0.3 is 0 Å². The Morgan fingerprint density at radius 2 is 1.80 bits per heavy atom. The number of piperidine rings is 1. The van der Waals surface area contributed by atoms with Gasteiger partial charge in [0.2, 0.25) is 0 Å². The molecule has 2 heteroatoms. The third-order valence-electron chi connectivity index (χ3n) is 5.11. The number of hydrogen-bond acceptors (Lipinski definition) is 2. The zero-order valence-corrected chi connectivity index (χ0v) is 12.6. The molecule has 0 radical (unpaired) electrons. The number of nitrogens with zero attached hydrogens (tertiary/aromatic N) is 1. The second-order valence-electron chi connectivity index (χ2n) is 6.45. The van der Waals surface area contributed by atoms with E-state index in [1.807, 2.05) is 0 Å². The summed E-state index contributed by atoms with van der Waals surface area (Å²) in [5.41, 5.74) is 1.39. The molecule has 1 N–H and O–H groups in total. The first-order valence-corrected chi connectivity index (χ1v) is 8.42. The van der Waals surface area contributed by atoms with E-state index in [1.165, 1.54) is 57.2 Å². The molecule has 2 aliphatic rings. The number of rotatable bonds is 5. The summed E-state index contributed by atoms with van der Waals surface area (Å²) >= 11 is 0. The zero-order chi connectivity index (χ0) is 13.6. The molecule has 1 heterocycles. The lowest BCUT2D eigenvalue weighted by atomic mass is 9.78. The van der Waals surface area contributed by atoms with Gasteiger partial charge in [-0.2, -0.15) is 0 Å².